The van der Waals surface area contributed by atoms with E-state index in [9.17, 15) is 9.59 Å². The van der Waals surface area contributed by atoms with Crippen molar-refractivity contribution in [3.05, 3.63) is 0 Å². The third-order valence-electron chi connectivity index (χ3n) is 4.06. The molecule has 2 atom stereocenters. The normalized spacial score (nSPS) is 13.7. The number of hydrogen-bond acceptors (Lipinski definition) is 2. The van der Waals surface area contributed by atoms with Crippen molar-refractivity contribution >= 4 is 8.76 Å². The molecule has 0 N–H and O–H groups in total. The summed E-state index contributed by atoms with van der Waals surface area (Å²) in [6.45, 7) is 8.47. The van der Waals surface area contributed by atoms with Crippen LogP contribution in [0.1, 0.15) is 79.1 Å². The van der Waals surface area contributed by atoms with Gasteiger partial charge in [0.1, 0.15) is 0 Å². The van der Waals surface area contributed by atoms with Gasteiger partial charge in [0.2, 0.25) is 0 Å². The minimum atomic E-state index is -1.67. The zero-order chi connectivity index (χ0) is 14.7. The second-order valence-electron chi connectivity index (χ2n) is 5.60. The van der Waals surface area contributed by atoms with Crippen molar-refractivity contribution in [1.29, 1.82) is 0 Å². The van der Waals surface area contributed by atoms with Gasteiger partial charge in [0, 0.05) is 0 Å². The van der Waals surface area contributed by atoms with Crippen LogP contribution in [0.25, 0.3) is 0 Å². The molecule has 0 radical (unpaired) electrons. The van der Waals surface area contributed by atoms with Crippen LogP contribution in [-0.2, 0) is 26.7 Å². The summed E-state index contributed by atoms with van der Waals surface area (Å²) >= 11 is -1.67. The van der Waals surface area contributed by atoms with Crippen LogP contribution in [0.2, 0.25) is 0 Å². The average Bonchev–Trinajstić information content (AvgIpc) is 2.40. The number of hydrogen-bond donors (Lipinski definition) is 0. The van der Waals surface area contributed by atoms with E-state index >= 15 is 0 Å². The van der Waals surface area contributed by atoms with Crippen LogP contribution in [-0.4, -0.2) is 8.76 Å². The van der Waals surface area contributed by atoms with Crippen molar-refractivity contribution in [3.63, 3.8) is 0 Å². The molecule has 0 amide bonds. The van der Waals surface area contributed by atoms with E-state index in [1.54, 1.807) is 0 Å². The number of rotatable bonds is 12. The fourth-order valence-corrected chi connectivity index (χ4v) is 6.55. The first-order valence-corrected chi connectivity index (χ1v) is 11.1. The Bertz CT molecular complexity index is 237. The second-order valence-corrected chi connectivity index (χ2v) is 9.27. The molecule has 2 unspecified atom stereocenters. The van der Waals surface area contributed by atoms with Crippen molar-refractivity contribution in [2.24, 2.45) is 11.8 Å². The predicted octanol–water partition coefficient (Wildman–Crippen LogP) is 4.55. The van der Waals surface area contributed by atoms with E-state index in [1.807, 2.05) is 0 Å². The van der Waals surface area contributed by atoms with Gasteiger partial charge in [-0.25, -0.2) is 0 Å². The third-order valence-corrected chi connectivity index (χ3v) is 7.94. The Balaban J connectivity index is 4.30. The quantitative estimate of drug-likeness (QED) is 0.494. The molecule has 0 spiro atoms. The number of carbonyl (C=O) groups is 2. The first kappa shape index (κ1) is 19.0. The number of unbranched alkanes of at least 4 members (excludes halogenated alkanes) is 2. The molecule has 0 aromatic rings. The minimum absolute atomic E-state index is 0.188. The van der Waals surface area contributed by atoms with E-state index < -0.39 is 17.1 Å². The molecule has 0 heterocycles. The van der Waals surface area contributed by atoms with Crippen molar-refractivity contribution in [2.45, 2.75) is 79.1 Å². The van der Waals surface area contributed by atoms with Gasteiger partial charge in [-0.15, -0.1) is 0 Å². The predicted molar refractivity (Wildman–Crippen MR) is 76.6 cm³/mol. The fraction of sp³-hybridized carbons (Fsp3) is 0.875. The Labute approximate surface area is 126 Å². The van der Waals surface area contributed by atoms with Gasteiger partial charge in [-0.3, -0.25) is 0 Å². The Hall–Kier alpha value is -0.0366. The summed E-state index contributed by atoms with van der Waals surface area (Å²) in [6, 6.07) is 0. The van der Waals surface area contributed by atoms with Gasteiger partial charge in [-0.05, 0) is 0 Å². The summed E-state index contributed by atoms with van der Waals surface area (Å²) in [5.41, 5.74) is 0. The zero-order valence-corrected chi connectivity index (χ0v) is 16.3. The van der Waals surface area contributed by atoms with E-state index in [1.165, 1.54) is 0 Å². The molecule has 0 aliphatic rings. The van der Waals surface area contributed by atoms with Crippen LogP contribution in [0.5, 0.6) is 0 Å². The standard InChI is InChI=1S/2C8H15O.Zn/c2*1-3-5-6-8(4-2)7-9;/h2*8H,3-6H2,1-2H3;. The first-order valence-electron chi connectivity index (χ1n) is 8.15. The molecule has 0 bridgehead atoms. The van der Waals surface area contributed by atoms with E-state index in [0.29, 0.717) is 8.76 Å². The van der Waals surface area contributed by atoms with Crippen molar-refractivity contribution < 1.29 is 26.7 Å². The van der Waals surface area contributed by atoms with Crippen LogP contribution in [0, 0.1) is 11.8 Å². The molecule has 0 aliphatic heterocycles. The summed E-state index contributed by atoms with van der Waals surface area (Å²) in [5, 5.41) is 0. The average molecular weight is 320 g/mol. The molecular formula is C16H30O2Zn. The SMILES string of the molecule is CCCCC(CC)[C](=O)[Zn][C](=O)C(CC)CCCC. The molecule has 19 heavy (non-hydrogen) atoms. The van der Waals surface area contributed by atoms with Crippen LogP contribution in [0.4, 0.5) is 0 Å². The van der Waals surface area contributed by atoms with Crippen LogP contribution < -0.4 is 0 Å². The first-order chi connectivity index (χ1) is 9.10. The molecular weight excluding hydrogens is 290 g/mol. The fourth-order valence-electron chi connectivity index (χ4n) is 2.55. The molecule has 0 aromatic heterocycles. The molecule has 3 heteroatoms. The van der Waals surface area contributed by atoms with Gasteiger partial charge >= 0.3 is 126 Å². The van der Waals surface area contributed by atoms with E-state index in [4.69, 9.17) is 0 Å². The molecule has 108 valence electrons. The Morgan fingerprint density at radius 2 is 1.16 bits per heavy atom. The van der Waals surface area contributed by atoms with Gasteiger partial charge in [-0.1, -0.05) is 0 Å². The maximum absolute atomic E-state index is 12.2. The number of carbonyl (C=O) groups excluding carboxylic acids is 2. The van der Waals surface area contributed by atoms with Crippen LogP contribution >= 0.6 is 0 Å². The summed E-state index contributed by atoms with van der Waals surface area (Å²) in [4.78, 5) is 24.5. The summed E-state index contributed by atoms with van der Waals surface area (Å²) in [7, 11) is 0. The van der Waals surface area contributed by atoms with Crippen molar-refractivity contribution in [3.8, 4) is 0 Å². The third kappa shape index (κ3) is 7.97. The van der Waals surface area contributed by atoms with Gasteiger partial charge in [-0.2, -0.15) is 0 Å². The van der Waals surface area contributed by atoms with Crippen molar-refractivity contribution in [2.75, 3.05) is 0 Å². The molecule has 0 aliphatic carbocycles. The Kier molecular flexibility index (Phi) is 11.7. The van der Waals surface area contributed by atoms with Gasteiger partial charge in [0.05, 0.1) is 0 Å². The van der Waals surface area contributed by atoms with E-state index in [0.717, 1.165) is 51.4 Å². The Morgan fingerprint density at radius 3 is 1.42 bits per heavy atom. The summed E-state index contributed by atoms with van der Waals surface area (Å²) in [5.74, 6) is 0.375. The molecule has 2 nitrogen and oxygen atoms in total. The molecule has 0 saturated carbocycles. The van der Waals surface area contributed by atoms with E-state index in [-0.39, 0.29) is 11.8 Å². The Morgan fingerprint density at radius 1 is 0.789 bits per heavy atom. The van der Waals surface area contributed by atoms with E-state index in [2.05, 4.69) is 27.7 Å². The van der Waals surface area contributed by atoms with Crippen LogP contribution in [0.15, 0.2) is 0 Å². The topological polar surface area (TPSA) is 34.1 Å². The summed E-state index contributed by atoms with van der Waals surface area (Å²) < 4.78 is 0.729. The zero-order valence-electron chi connectivity index (χ0n) is 13.3. The second kappa shape index (κ2) is 11.8. The van der Waals surface area contributed by atoms with Crippen molar-refractivity contribution in [1.82, 2.24) is 0 Å². The molecule has 0 saturated heterocycles. The maximum atomic E-state index is 12.2. The molecule has 0 fully saturated rings. The van der Waals surface area contributed by atoms with Gasteiger partial charge in [0.25, 0.3) is 0 Å². The summed E-state index contributed by atoms with van der Waals surface area (Å²) in [6.07, 6.45) is 8.34. The van der Waals surface area contributed by atoms with Gasteiger partial charge < -0.3 is 0 Å². The molecule has 0 aromatic carbocycles. The van der Waals surface area contributed by atoms with Gasteiger partial charge in [0.15, 0.2) is 0 Å². The monoisotopic (exact) mass is 318 g/mol. The molecule has 0 rings (SSSR count). The van der Waals surface area contributed by atoms with Crippen LogP contribution in [0.3, 0.4) is 0 Å².